The zero-order chi connectivity index (χ0) is 21.5. The van der Waals surface area contributed by atoms with Crippen LogP contribution < -0.4 is 10.1 Å². The molecule has 6 nitrogen and oxygen atoms in total. The molecule has 1 amide bonds. The van der Waals surface area contributed by atoms with Gasteiger partial charge in [-0.2, -0.15) is 5.26 Å². The Balaban J connectivity index is 1.69. The number of benzene rings is 1. The molecule has 1 N–H and O–H groups in total. The van der Waals surface area contributed by atoms with Crippen LogP contribution in [-0.2, 0) is 11.2 Å². The van der Waals surface area contributed by atoms with Gasteiger partial charge in [-0.15, -0.1) is 11.3 Å². The number of nitrogens with one attached hydrogen (secondary N) is 1. The molecule has 0 fully saturated rings. The second-order valence-corrected chi connectivity index (χ2v) is 8.72. The maximum absolute atomic E-state index is 12.7. The highest BCUT2D eigenvalue weighted by Gasteiger charge is 2.19. The summed E-state index contributed by atoms with van der Waals surface area (Å²) in [6, 6.07) is 13.4. The summed E-state index contributed by atoms with van der Waals surface area (Å²) < 4.78 is 5.25. The predicted octanol–water partition coefficient (Wildman–Crippen LogP) is 5.16. The van der Waals surface area contributed by atoms with Crippen molar-refractivity contribution < 1.29 is 9.53 Å². The van der Waals surface area contributed by atoms with Crippen LogP contribution in [0, 0.1) is 11.3 Å². The van der Waals surface area contributed by atoms with Crippen LogP contribution in [0.4, 0.5) is 5.13 Å². The zero-order valence-corrected chi connectivity index (χ0v) is 18.6. The van der Waals surface area contributed by atoms with Crippen LogP contribution in [0.25, 0.3) is 11.3 Å². The third-order valence-electron chi connectivity index (χ3n) is 4.30. The number of amides is 1. The van der Waals surface area contributed by atoms with Crippen molar-refractivity contribution >= 4 is 34.1 Å². The molecule has 0 aliphatic heterocycles. The van der Waals surface area contributed by atoms with E-state index in [-0.39, 0.29) is 5.91 Å². The van der Waals surface area contributed by atoms with Gasteiger partial charge in [-0.3, -0.25) is 4.79 Å². The normalized spacial score (nSPS) is 11.5. The lowest BCUT2D eigenvalue weighted by Gasteiger charge is -2.12. The van der Waals surface area contributed by atoms with Gasteiger partial charge >= 0.3 is 0 Å². The fourth-order valence-corrected chi connectivity index (χ4v) is 4.36. The molecule has 0 radical (unpaired) electrons. The molecule has 0 aliphatic carbocycles. The largest absolute Gasteiger partial charge is 0.497 e. The first-order valence-corrected chi connectivity index (χ1v) is 11.3. The van der Waals surface area contributed by atoms with Crippen LogP contribution in [0.15, 0.2) is 46.8 Å². The number of nitriles is 1. The molecule has 2 heterocycles. The zero-order valence-electron chi connectivity index (χ0n) is 17.0. The molecule has 0 aliphatic rings. The van der Waals surface area contributed by atoms with Crippen molar-refractivity contribution in [3.05, 3.63) is 53.0 Å². The van der Waals surface area contributed by atoms with Crippen LogP contribution in [0.3, 0.4) is 0 Å². The number of carbonyl (C=O) groups excluding carboxylic acids is 1. The second-order valence-electron chi connectivity index (χ2n) is 6.54. The van der Waals surface area contributed by atoms with E-state index >= 15 is 0 Å². The summed E-state index contributed by atoms with van der Waals surface area (Å²) in [5, 5.41) is 14.8. The van der Waals surface area contributed by atoms with Gasteiger partial charge in [0.25, 0.3) is 0 Å². The number of thioether (sulfide) groups is 1. The maximum Gasteiger partial charge on any atom is 0.239 e. The molecule has 2 aromatic heterocycles. The molecule has 0 saturated carbocycles. The predicted molar refractivity (Wildman–Crippen MR) is 121 cm³/mol. The number of methoxy groups -OCH3 is 1. The van der Waals surface area contributed by atoms with Crippen molar-refractivity contribution in [1.29, 1.82) is 5.26 Å². The molecule has 1 unspecified atom stereocenters. The highest BCUT2D eigenvalue weighted by molar-refractivity contribution is 8.00. The van der Waals surface area contributed by atoms with Gasteiger partial charge in [0.05, 0.1) is 23.6 Å². The standard InChI is InChI=1S/C22H22N4O2S2/c1-4-6-17-10-9-16(12-23)21(24-17)30-14(2)20(27)26-22-25-19(13-29-22)15-7-5-8-18(11-15)28-3/h5,7-11,13-14H,4,6H2,1-3H3,(H,25,26,27). The Bertz CT molecular complexity index is 1070. The van der Waals surface area contributed by atoms with E-state index in [0.717, 1.165) is 35.5 Å². The Morgan fingerprint density at radius 2 is 2.17 bits per heavy atom. The summed E-state index contributed by atoms with van der Waals surface area (Å²) in [6.07, 6.45) is 1.81. The number of pyridine rings is 1. The first-order valence-electron chi connectivity index (χ1n) is 9.51. The Morgan fingerprint density at radius 1 is 1.33 bits per heavy atom. The van der Waals surface area contributed by atoms with Gasteiger partial charge in [-0.1, -0.05) is 37.2 Å². The molecule has 1 atom stereocenters. The average molecular weight is 439 g/mol. The molecular formula is C22H22N4O2S2. The number of anilines is 1. The van der Waals surface area contributed by atoms with Crippen LogP contribution in [0.1, 0.15) is 31.5 Å². The number of thiazole rings is 1. The molecule has 8 heteroatoms. The lowest BCUT2D eigenvalue weighted by atomic mass is 10.2. The van der Waals surface area contributed by atoms with Gasteiger partial charge in [-0.25, -0.2) is 9.97 Å². The second kappa shape index (κ2) is 10.2. The highest BCUT2D eigenvalue weighted by atomic mass is 32.2. The summed E-state index contributed by atoms with van der Waals surface area (Å²) in [5.41, 5.74) is 3.10. The summed E-state index contributed by atoms with van der Waals surface area (Å²) in [5.74, 6) is 0.570. The van der Waals surface area contributed by atoms with Gasteiger partial charge in [0.15, 0.2) is 5.13 Å². The number of aryl methyl sites for hydroxylation is 1. The van der Waals surface area contributed by atoms with Crippen LogP contribution in [0.2, 0.25) is 0 Å². The van der Waals surface area contributed by atoms with Crippen LogP contribution in [-0.4, -0.2) is 28.2 Å². The Kier molecular flexibility index (Phi) is 7.44. The molecule has 3 rings (SSSR count). The van der Waals surface area contributed by atoms with E-state index in [1.807, 2.05) is 35.7 Å². The Labute approximate surface area is 184 Å². The van der Waals surface area contributed by atoms with Crippen molar-refractivity contribution in [1.82, 2.24) is 9.97 Å². The number of hydrogen-bond acceptors (Lipinski definition) is 7. The van der Waals surface area contributed by atoms with Crippen LogP contribution in [0.5, 0.6) is 5.75 Å². The van der Waals surface area contributed by atoms with Crippen molar-refractivity contribution in [2.75, 3.05) is 12.4 Å². The summed E-state index contributed by atoms with van der Waals surface area (Å²) in [6.45, 7) is 3.88. The number of aromatic nitrogens is 2. The molecule has 1 aromatic carbocycles. The van der Waals surface area contributed by atoms with E-state index in [1.54, 1.807) is 20.1 Å². The molecule has 0 spiro atoms. The number of carbonyl (C=O) groups is 1. The van der Waals surface area contributed by atoms with E-state index in [1.165, 1.54) is 23.1 Å². The lowest BCUT2D eigenvalue weighted by molar-refractivity contribution is -0.115. The Morgan fingerprint density at radius 3 is 2.90 bits per heavy atom. The topological polar surface area (TPSA) is 87.9 Å². The molecule has 3 aromatic rings. The monoisotopic (exact) mass is 438 g/mol. The number of rotatable bonds is 8. The van der Waals surface area contributed by atoms with Crippen molar-refractivity contribution in [3.8, 4) is 23.1 Å². The fourth-order valence-electron chi connectivity index (χ4n) is 2.72. The molecular weight excluding hydrogens is 416 g/mol. The number of nitrogens with zero attached hydrogens (tertiary/aromatic N) is 3. The minimum Gasteiger partial charge on any atom is -0.497 e. The Hall–Kier alpha value is -2.89. The van der Waals surface area contributed by atoms with E-state index in [0.29, 0.717) is 15.7 Å². The molecule has 0 saturated heterocycles. The van der Waals surface area contributed by atoms with Gasteiger partial charge in [-0.05, 0) is 37.6 Å². The van der Waals surface area contributed by atoms with Gasteiger partial charge in [0.2, 0.25) is 5.91 Å². The van der Waals surface area contributed by atoms with Gasteiger partial charge in [0, 0.05) is 16.6 Å². The number of ether oxygens (including phenoxy) is 1. The SMILES string of the molecule is CCCc1ccc(C#N)c(SC(C)C(=O)Nc2nc(-c3cccc(OC)c3)cs2)n1. The summed E-state index contributed by atoms with van der Waals surface area (Å²) >= 11 is 2.65. The van der Waals surface area contributed by atoms with Crippen LogP contribution >= 0.6 is 23.1 Å². The lowest BCUT2D eigenvalue weighted by Crippen LogP contribution is -2.22. The van der Waals surface area contributed by atoms with E-state index in [9.17, 15) is 10.1 Å². The average Bonchev–Trinajstić information content (AvgIpc) is 3.22. The van der Waals surface area contributed by atoms with Crippen molar-refractivity contribution in [2.45, 2.75) is 37.0 Å². The van der Waals surface area contributed by atoms with Gasteiger partial charge in [0.1, 0.15) is 16.8 Å². The smallest absolute Gasteiger partial charge is 0.239 e. The number of hydrogen-bond donors (Lipinski definition) is 1. The van der Waals surface area contributed by atoms with E-state index in [2.05, 4.69) is 28.3 Å². The van der Waals surface area contributed by atoms with Crippen molar-refractivity contribution in [2.24, 2.45) is 0 Å². The van der Waals surface area contributed by atoms with Crippen molar-refractivity contribution in [3.63, 3.8) is 0 Å². The third kappa shape index (κ3) is 5.38. The summed E-state index contributed by atoms with van der Waals surface area (Å²) in [4.78, 5) is 21.7. The van der Waals surface area contributed by atoms with Gasteiger partial charge < -0.3 is 10.1 Å². The first-order chi connectivity index (χ1) is 14.5. The van der Waals surface area contributed by atoms with E-state index in [4.69, 9.17) is 4.74 Å². The molecule has 0 bridgehead atoms. The maximum atomic E-state index is 12.7. The third-order valence-corrected chi connectivity index (χ3v) is 6.16. The molecule has 30 heavy (non-hydrogen) atoms. The quantitative estimate of drug-likeness (QED) is 0.489. The minimum atomic E-state index is -0.425. The highest BCUT2D eigenvalue weighted by Crippen LogP contribution is 2.29. The fraction of sp³-hybridized carbons (Fsp3) is 0.273. The minimum absolute atomic E-state index is 0.182. The summed E-state index contributed by atoms with van der Waals surface area (Å²) in [7, 11) is 1.62. The van der Waals surface area contributed by atoms with E-state index < -0.39 is 5.25 Å². The molecule has 154 valence electrons. The first kappa shape index (κ1) is 21.8.